The molecule has 6 nitrogen and oxygen atoms in total. The Hall–Kier alpha value is -3.45. The van der Waals surface area contributed by atoms with Gasteiger partial charge in [-0.2, -0.15) is 0 Å². The fraction of sp³-hybridized carbons (Fsp3) is 0.0500. The Balaban J connectivity index is 1.58. The Kier molecular flexibility index (Phi) is 4.43. The van der Waals surface area contributed by atoms with Gasteiger partial charge in [0.05, 0.1) is 21.5 Å². The largest absolute Gasteiger partial charge is 0.448 e. The molecule has 2 heterocycles. The van der Waals surface area contributed by atoms with Crippen LogP contribution in [0.15, 0.2) is 65.1 Å². The molecule has 0 saturated carbocycles. The SMILES string of the molecule is CNC(=O)c1ccccc1NC(=O)c1ccc(-c2nc3ccccc3s2)o1. The highest BCUT2D eigenvalue weighted by Gasteiger charge is 2.17. The minimum atomic E-state index is -0.432. The zero-order valence-electron chi connectivity index (χ0n) is 14.4. The van der Waals surface area contributed by atoms with Crippen LogP contribution in [0.1, 0.15) is 20.9 Å². The highest BCUT2D eigenvalue weighted by molar-refractivity contribution is 7.21. The number of furan rings is 1. The van der Waals surface area contributed by atoms with Gasteiger partial charge in [0.2, 0.25) is 0 Å². The summed E-state index contributed by atoms with van der Waals surface area (Å²) in [6, 6.07) is 17.9. The third kappa shape index (κ3) is 3.32. The first-order chi connectivity index (χ1) is 13.2. The van der Waals surface area contributed by atoms with Crippen LogP contribution in [0.4, 0.5) is 5.69 Å². The zero-order chi connectivity index (χ0) is 18.8. The van der Waals surface area contributed by atoms with E-state index in [0.717, 1.165) is 10.2 Å². The van der Waals surface area contributed by atoms with Gasteiger partial charge in [0.1, 0.15) is 0 Å². The molecule has 0 unspecified atom stereocenters. The van der Waals surface area contributed by atoms with Crippen molar-refractivity contribution in [2.45, 2.75) is 0 Å². The van der Waals surface area contributed by atoms with E-state index in [1.807, 2.05) is 24.3 Å². The predicted octanol–water partition coefficient (Wildman–Crippen LogP) is 4.17. The lowest BCUT2D eigenvalue weighted by Gasteiger charge is -2.08. The van der Waals surface area contributed by atoms with E-state index in [4.69, 9.17) is 4.42 Å². The Morgan fingerprint density at radius 3 is 2.56 bits per heavy atom. The molecule has 0 spiro atoms. The standard InChI is InChI=1S/C20H15N3O3S/c1-21-18(24)12-6-2-3-7-13(12)22-19(25)15-10-11-16(26-15)20-23-14-8-4-5-9-17(14)27-20/h2-11H,1H3,(H,21,24)(H,22,25). The van der Waals surface area contributed by atoms with Gasteiger partial charge in [0, 0.05) is 7.05 Å². The molecular weight excluding hydrogens is 362 g/mol. The number of rotatable bonds is 4. The number of carbonyl (C=O) groups is 2. The summed E-state index contributed by atoms with van der Waals surface area (Å²) in [7, 11) is 1.54. The number of nitrogens with zero attached hydrogens (tertiary/aromatic N) is 1. The molecule has 4 aromatic rings. The average molecular weight is 377 g/mol. The molecule has 0 aliphatic heterocycles. The Morgan fingerprint density at radius 1 is 0.963 bits per heavy atom. The van der Waals surface area contributed by atoms with Gasteiger partial charge in [-0.15, -0.1) is 11.3 Å². The van der Waals surface area contributed by atoms with Gasteiger partial charge in [0.25, 0.3) is 11.8 Å². The lowest BCUT2D eigenvalue weighted by atomic mass is 10.1. The second-order valence-electron chi connectivity index (χ2n) is 5.73. The van der Waals surface area contributed by atoms with E-state index >= 15 is 0 Å². The van der Waals surface area contributed by atoms with Gasteiger partial charge in [-0.1, -0.05) is 24.3 Å². The van der Waals surface area contributed by atoms with Crippen LogP contribution in [0.25, 0.3) is 21.0 Å². The topological polar surface area (TPSA) is 84.2 Å². The summed E-state index contributed by atoms with van der Waals surface area (Å²) in [6.07, 6.45) is 0. The van der Waals surface area contributed by atoms with E-state index < -0.39 is 5.91 Å². The van der Waals surface area contributed by atoms with Crippen molar-refractivity contribution >= 4 is 39.1 Å². The van der Waals surface area contributed by atoms with Crippen molar-refractivity contribution in [2.24, 2.45) is 0 Å². The molecule has 27 heavy (non-hydrogen) atoms. The van der Waals surface area contributed by atoms with Gasteiger partial charge in [-0.05, 0) is 36.4 Å². The molecular formula is C20H15N3O3S. The maximum absolute atomic E-state index is 12.5. The number of fused-ring (bicyclic) bond motifs is 1. The van der Waals surface area contributed by atoms with E-state index in [-0.39, 0.29) is 11.7 Å². The number of hydrogen-bond acceptors (Lipinski definition) is 5. The van der Waals surface area contributed by atoms with Crippen LogP contribution < -0.4 is 10.6 Å². The normalized spacial score (nSPS) is 10.7. The van der Waals surface area contributed by atoms with Crippen molar-refractivity contribution in [3.8, 4) is 10.8 Å². The summed E-state index contributed by atoms with van der Waals surface area (Å²) in [5.74, 6) is -0.0314. The molecule has 4 rings (SSSR count). The maximum atomic E-state index is 12.5. The number of aromatic nitrogens is 1. The highest BCUT2D eigenvalue weighted by Crippen LogP contribution is 2.31. The molecule has 2 amide bonds. The van der Waals surface area contributed by atoms with Crippen LogP contribution in [-0.4, -0.2) is 23.8 Å². The van der Waals surface area contributed by atoms with Gasteiger partial charge < -0.3 is 15.1 Å². The number of carbonyl (C=O) groups excluding carboxylic acids is 2. The summed E-state index contributed by atoms with van der Waals surface area (Å²) in [5, 5.41) is 5.98. The van der Waals surface area contributed by atoms with Crippen molar-refractivity contribution in [2.75, 3.05) is 12.4 Å². The smallest absolute Gasteiger partial charge is 0.291 e. The molecule has 0 aliphatic rings. The fourth-order valence-corrected chi connectivity index (χ4v) is 3.59. The van der Waals surface area contributed by atoms with E-state index in [1.165, 1.54) is 18.4 Å². The second-order valence-corrected chi connectivity index (χ2v) is 6.76. The number of anilines is 1. The third-order valence-corrected chi connectivity index (χ3v) is 5.03. The zero-order valence-corrected chi connectivity index (χ0v) is 15.2. The predicted molar refractivity (Wildman–Crippen MR) is 105 cm³/mol. The van der Waals surface area contributed by atoms with Crippen molar-refractivity contribution in [1.29, 1.82) is 0 Å². The third-order valence-electron chi connectivity index (χ3n) is 3.98. The summed E-state index contributed by atoms with van der Waals surface area (Å²) in [5.41, 5.74) is 1.69. The molecule has 0 atom stereocenters. The van der Waals surface area contributed by atoms with Crippen molar-refractivity contribution < 1.29 is 14.0 Å². The van der Waals surface area contributed by atoms with Crippen LogP contribution in [0.3, 0.4) is 0 Å². The lowest BCUT2D eigenvalue weighted by molar-refractivity contribution is 0.0964. The Labute approximate surface area is 158 Å². The van der Waals surface area contributed by atoms with Crippen LogP contribution in [-0.2, 0) is 0 Å². The van der Waals surface area contributed by atoms with Crippen LogP contribution in [0, 0.1) is 0 Å². The molecule has 0 radical (unpaired) electrons. The van der Waals surface area contributed by atoms with Crippen molar-refractivity contribution in [3.05, 3.63) is 72.0 Å². The van der Waals surface area contributed by atoms with Gasteiger partial charge in [-0.25, -0.2) is 4.98 Å². The second kappa shape index (κ2) is 7.05. The fourth-order valence-electron chi connectivity index (χ4n) is 2.66. The molecule has 2 N–H and O–H groups in total. The summed E-state index contributed by atoms with van der Waals surface area (Å²) in [6.45, 7) is 0. The highest BCUT2D eigenvalue weighted by atomic mass is 32.1. The number of amides is 2. The molecule has 2 aromatic heterocycles. The van der Waals surface area contributed by atoms with Crippen molar-refractivity contribution in [1.82, 2.24) is 10.3 Å². The van der Waals surface area contributed by atoms with Gasteiger partial charge in [-0.3, -0.25) is 9.59 Å². The molecule has 2 aromatic carbocycles. The molecule has 7 heteroatoms. The first-order valence-corrected chi connectivity index (χ1v) is 9.05. The Bertz CT molecular complexity index is 1110. The number of nitrogens with one attached hydrogen (secondary N) is 2. The molecule has 0 saturated heterocycles. The minimum absolute atomic E-state index is 0.149. The number of para-hydroxylation sites is 2. The van der Waals surface area contributed by atoms with E-state index in [1.54, 1.807) is 36.4 Å². The van der Waals surface area contributed by atoms with Gasteiger partial charge >= 0.3 is 0 Å². The molecule has 0 aliphatic carbocycles. The minimum Gasteiger partial charge on any atom is -0.448 e. The first kappa shape index (κ1) is 17.0. The first-order valence-electron chi connectivity index (χ1n) is 8.24. The summed E-state index contributed by atoms with van der Waals surface area (Å²) >= 11 is 1.50. The number of benzene rings is 2. The van der Waals surface area contributed by atoms with Gasteiger partial charge in [0.15, 0.2) is 16.5 Å². The van der Waals surface area contributed by atoms with E-state index in [9.17, 15) is 9.59 Å². The summed E-state index contributed by atoms with van der Waals surface area (Å²) < 4.78 is 6.75. The van der Waals surface area contributed by atoms with Crippen LogP contribution in [0.2, 0.25) is 0 Å². The molecule has 0 bridgehead atoms. The Morgan fingerprint density at radius 2 is 1.74 bits per heavy atom. The quantitative estimate of drug-likeness (QED) is 0.559. The number of hydrogen-bond donors (Lipinski definition) is 2. The van der Waals surface area contributed by atoms with Crippen LogP contribution in [0.5, 0.6) is 0 Å². The monoisotopic (exact) mass is 377 g/mol. The number of thiazole rings is 1. The molecule has 0 fully saturated rings. The van der Waals surface area contributed by atoms with E-state index in [0.29, 0.717) is 22.0 Å². The lowest BCUT2D eigenvalue weighted by Crippen LogP contribution is -2.21. The van der Waals surface area contributed by atoms with E-state index in [2.05, 4.69) is 15.6 Å². The molecule has 134 valence electrons. The van der Waals surface area contributed by atoms with Crippen molar-refractivity contribution in [3.63, 3.8) is 0 Å². The van der Waals surface area contributed by atoms with Crippen LogP contribution >= 0.6 is 11.3 Å². The average Bonchev–Trinajstić information content (AvgIpc) is 3.34. The maximum Gasteiger partial charge on any atom is 0.291 e. The summed E-state index contributed by atoms with van der Waals surface area (Å²) in [4.78, 5) is 29.0.